The Morgan fingerprint density at radius 2 is 2.19 bits per heavy atom. The highest BCUT2D eigenvalue weighted by Gasteiger charge is 1.99. The van der Waals surface area contributed by atoms with E-state index in [9.17, 15) is 0 Å². The van der Waals surface area contributed by atoms with Gasteiger partial charge in [-0.1, -0.05) is 12.1 Å². The molecule has 0 radical (unpaired) electrons. The molecule has 16 heavy (non-hydrogen) atoms. The highest BCUT2D eigenvalue weighted by Crippen LogP contribution is 2.18. The normalized spacial score (nSPS) is 10.4. The molecule has 0 atom stereocenters. The summed E-state index contributed by atoms with van der Waals surface area (Å²) in [7, 11) is 1.71. The van der Waals surface area contributed by atoms with Gasteiger partial charge in [-0.15, -0.1) is 0 Å². The first-order chi connectivity index (χ1) is 7.77. The molecule has 0 amide bonds. The molecule has 0 heterocycles. The van der Waals surface area contributed by atoms with E-state index in [1.54, 1.807) is 7.11 Å². The van der Waals surface area contributed by atoms with Crippen molar-refractivity contribution in [1.82, 2.24) is 5.32 Å². The van der Waals surface area contributed by atoms with Crippen LogP contribution in [0.2, 0.25) is 0 Å². The van der Waals surface area contributed by atoms with Crippen molar-refractivity contribution in [3.8, 4) is 5.75 Å². The summed E-state index contributed by atoms with van der Waals surface area (Å²) >= 11 is 1.90. The van der Waals surface area contributed by atoms with Gasteiger partial charge in [-0.2, -0.15) is 11.8 Å². The van der Waals surface area contributed by atoms with Gasteiger partial charge in [0.2, 0.25) is 0 Å². The maximum Gasteiger partial charge on any atom is 0.121 e. The van der Waals surface area contributed by atoms with E-state index < -0.39 is 0 Å². The number of thioether (sulfide) groups is 1. The minimum atomic E-state index is 0.944. The largest absolute Gasteiger partial charge is 0.496 e. The van der Waals surface area contributed by atoms with Crippen molar-refractivity contribution < 1.29 is 4.74 Å². The number of aryl methyl sites for hydroxylation is 1. The van der Waals surface area contributed by atoms with Crippen molar-refractivity contribution in [2.75, 3.05) is 25.7 Å². The van der Waals surface area contributed by atoms with Crippen molar-refractivity contribution in [2.45, 2.75) is 19.9 Å². The number of hydrogen-bond donors (Lipinski definition) is 1. The lowest BCUT2D eigenvalue weighted by molar-refractivity contribution is 0.411. The first-order valence-electron chi connectivity index (χ1n) is 5.61. The Kier molecular flexibility index (Phi) is 6.34. The Bertz CT molecular complexity index is 315. The van der Waals surface area contributed by atoms with E-state index in [0.717, 1.165) is 18.8 Å². The number of rotatable bonds is 7. The molecule has 0 aromatic heterocycles. The summed E-state index contributed by atoms with van der Waals surface area (Å²) in [5.74, 6) is 2.19. The average molecular weight is 239 g/mol. The molecule has 1 rings (SSSR count). The molecule has 2 nitrogen and oxygen atoms in total. The lowest BCUT2D eigenvalue weighted by atomic mass is 10.1. The summed E-state index contributed by atoms with van der Waals surface area (Å²) in [6, 6.07) is 6.34. The Morgan fingerprint density at radius 3 is 2.81 bits per heavy atom. The van der Waals surface area contributed by atoms with Crippen molar-refractivity contribution >= 4 is 11.8 Å². The van der Waals surface area contributed by atoms with Gasteiger partial charge in [-0.25, -0.2) is 0 Å². The zero-order valence-corrected chi connectivity index (χ0v) is 11.2. The van der Waals surface area contributed by atoms with Crippen LogP contribution in [-0.2, 0) is 6.54 Å². The molecular formula is C13H21NOS. The van der Waals surface area contributed by atoms with E-state index in [1.807, 2.05) is 17.8 Å². The molecule has 1 aromatic rings. The number of benzene rings is 1. The van der Waals surface area contributed by atoms with Crippen molar-refractivity contribution in [3.05, 3.63) is 29.3 Å². The zero-order valence-electron chi connectivity index (χ0n) is 10.4. The van der Waals surface area contributed by atoms with Crippen LogP contribution in [0, 0.1) is 6.92 Å². The zero-order chi connectivity index (χ0) is 11.8. The molecule has 0 saturated carbocycles. The average Bonchev–Trinajstić information content (AvgIpc) is 2.29. The summed E-state index contributed by atoms with van der Waals surface area (Å²) in [6.45, 7) is 4.11. The Balaban J connectivity index is 2.34. The molecule has 0 aliphatic carbocycles. The number of methoxy groups -OCH3 is 1. The lowest BCUT2D eigenvalue weighted by Crippen LogP contribution is -2.15. The third-order valence-corrected chi connectivity index (χ3v) is 3.19. The summed E-state index contributed by atoms with van der Waals surface area (Å²) in [5, 5.41) is 3.45. The number of hydrogen-bond acceptors (Lipinski definition) is 3. The van der Waals surface area contributed by atoms with E-state index in [-0.39, 0.29) is 0 Å². The maximum absolute atomic E-state index is 5.23. The molecule has 0 unspecified atom stereocenters. The van der Waals surface area contributed by atoms with Crippen LogP contribution in [-0.4, -0.2) is 25.7 Å². The fraction of sp³-hybridized carbons (Fsp3) is 0.538. The van der Waals surface area contributed by atoms with Gasteiger partial charge in [0.25, 0.3) is 0 Å². The topological polar surface area (TPSA) is 21.3 Å². The van der Waals surface area contributed by atoms with Gasteiger partial charge < -0.3 is 10.1 Å². The Morgan fingerprint density at radius 1 is 1.38 bits per heavy atom. The number of nitrogens with one attached hydrogen (secondary N) is 1. The van der Waals surface area contributed by atoms with Crippen LogP contribution < -0.4 is 10.1 Å². The van der Waals surface area contributed by atoms with Crippen LogP contribution in [0.5, 0.6) is 5.75 Å². The van der Waals surface area contributed by atoms with E-state index in [0.29, 0.717) is 0 Å². The first kappa shape index (κ1) is 13.4. The SMILES string of the molecule is COc1ccc(CNCCCSC)cc1C. The quantitative estimate of drug-likeness (QED) is 0.739. The van der Waals surface area contributed by atoms with Gasteiger partial charge >= 0.3 is 0 Å². The van der Waals surface area contributed by atoms with Crippen molar-refractivity contribution in [1.29, 1.82) is 0 Å². The highest BCUT2D eigenvalue weighted by atomic mass is 32.2. The minimum Gasteiger partial charge on any atom is -0.496 e. The maximum atomic E-state index is 5.23. The third-order valence-electron chi connectivity index (χ3n) is 2.49. The number of ether oxygens (including phenoxy) is 1. The van der Waals surface area contributed by atoms with E-state index >= 15 is 0 Å². The first-order valence-corrected chi connectivity index (χ1v) is 7.00. The second kappa shape index (κ2) is 7.58. The van der Waals surface area contributed by atoms with Crippen LogP contribution in [0.15, 0.2) is 18.2 Å². The molecule has 90 valence electrons. The second-order valence-electron chi connectivity index (χ2n) is 3.83. The molecule has 1 N–H and O–H groups in total. The van der Waals surface area contributed by atoms with Gasteiger partial charge in [0.1, 0.15) is 5.75 Å². The van der Waals surface area contributed by atoms with Gasteiger partial charge in [-0.3, -0.25) is 0 Å². The predicted molar refractivity (Wildman–Crippen MR) is 72.4 cm³/mol. The minimum absolute atomic E-state index is 0.944. The molecule has 0 aliphatic rings. The third kappa shape index (κ3) is 4.45. The standard InChI is InChI=1S/C13H21NOS/c1-11-9-12(5-6-13(11)15-2)10-14-7-4-8-16-3/h5-6,9,14H,4,7-8,10H2,1-3H3. The van der Waals surface area contributed by atoms with E-state index in [4.69, 9.17) is 4.74 Å². The van der Waals surface area contributed by atoms with Crippen LogP contribution in [0.3, 0.4) is 0 Å². The van der Waals surface area contributed by atoms with Gasteiger partial charge in [0, 0.05) is 6.54 Å². The fourth-order valence-electron chi connectivity index (χ4n) is 1.62. The van der Waals surface area contributed by atoms with E-state index in [2.05, 4.69) is 30.6 Å². The van der Waals surface area contributed by atoms with Crippen molar-refractivity contribution in [2.24, 2.45) is 0 Å². The van der Waals surface area contributed by atoms with Gasteiger partial charge in [-0.05, 0) is 49.1 Å². The van der Waals surface area contributed by atoms with E-state index in [1.165, 1.54) is 23.3 Å². The fourth-order valence-corrected chi connectivity index (χ4v) is 2.06. The Labute approximate surface area is 103 Å². The van der Waals surface area contributed by atoms with Crippen molar-refractivity contribution in [3.63, 3.8) is 0 Å². The molecule has 3 heteroatoms. The predicted octanol–water partition coefficient (Wildman–Crippen LogP) is 2.85. The smallest absolute Gasteiger partial charge is 0.121 e. The van der Waals surface area contributed by atoms with Crippen LogP contribution >= 0.6 is 11.8 Å². The molecule has 0 aliphatic heterocycles. The van der Waals surface area contributed by atoms with Crippen LogP contribution in [0.4, 0.5) is 0 Å². The summed E-state index contributed by atoms with van der Waals surface area (Å²) in [6.07, 6.45) is 3.38. The molecule has 0 saturated heterocycles. The summed E-state index contributed by atoms with van der Waals surface area (Å²) < 4.78 is 5.23. The second-order valence-corrected chi connectivity index (χ2v) is 4.81. The summed E-state index contributed by atoms with van der Waals surface area (Å²) in [4.78, 5) is 0. The Hall–Kier alpha value is -0.670. The van der Waals surface area contributed by atoms with Crippen LogP contribution in [0.25, 0.3) is 0 Å². The lowest BCUT2D eigenvalue weighted by Gasteiger charge is -2.08. The monoisotopic (exact) mass is 239 g/mol. The molecular weight excluding hydrogens is 218 g/mol. The van der Waals surface area contributed by atoms with Crippen LogP contribution in [0.1, 0.15) is 17.5 Å². The molecule has 0 fully saturated rings. The van der Waals surface area contributed by atoms with Gasteiger partial charge in [0.15, 0.2) is 0 Å². The summed E-state index contributed by atoms with van der Waals surface area (Å²) in [5.41, 5.74) is 2.52. The van der Waals surface area contributed by atoms with Gasteiger partial charge in [0.05, 0.1) is 7.11 Å². The molecule has 1 aromatic carbocycles. The molecule has 0 bridgehead atoms. The molecule has 0 spiro atoms. The highest BCUT2D eigenvalue weighted by molar-refractivity contribution is 7.98.